The van der Waals surface area contributed by atoms with Crippen LogP contribution in [-0.2, 0) is 6.54 Å². The van der Waals surface area contributed by atoms with Gasteiger partial charge in [0.2, 0.25) is 0 Å². The van der Waals surface area contributed by atoms with Crippen molar-refractivity contribution in [1.29, 1.82) is 0 Å². The number of hydrogen-bond acceptors (Lipinski definition) is 3. The lowest BCUT2D eigenvalue weighted by atomic mass is 10.2. The highest BCUT2D eigenvalue weighted by Gasteiger charge is 2.14. The minimum absolute atomic E-state index is 0.260. The van der Waals surface area contributed by atoms with Crippen LogP contribution in [0.4, 0.5) is 5.82 Å². The summed E-state index contributed by atoms with van der Waals surface area (Å²) < 4.78 is 7.35. The monoisotopic (exact) mass is 283 g/mol. The Morgan fingerprint density at radius 2 is 2.19 bits per heavy atom. The molecule has 0 bridgehead atoms. The Balaban J connectivity index is 1.78. The van der Waals surface area contributed by atoms with Gasteiger partial charge in [0.05, 0.1) is 6.20 Å². The maximum absolute atomic E-state index is 12.3. The second-order valence-electron chi connectivity index (χ2n) is 4.90. The molecule has 0 radical (unpaired) electrons. The summed E-state index contributed by atoms with van der Waals surface area (Å²) in [5, 5.41) is 7.98. The van der Waals surface area contributed by atoms with Gasteiger partial charge in [-0.05, 0) is 18.6 Å². The van der Waals surface area contributed by atoms with Gasteiger partial charge in [-0.2, -0.15) is 5.10 Å². The molecule has 0 fully saturated rings. The number of rotatable bonds is 5. The Labute approximate surface area is 122 Å². The van der Waals surface area contributed by atoms with Gasteiger partial charge in [-0.1, -0.05) is 31.5 Å². The second kappa shape index (κ2) is 5.83. The van der Waals surface area contributed by atoms with Crippen LogP contribution in [0.25, 0.3) is 11.0 Å². The molecule has 0 unspecified atom stereocenters. The van der Waals surface area contributed by atoms with Crippen LogP contribution in [0.1, 0.15) is 30.3 Å². The summed E-state index contributed by atoms with van der Waals surface area (Å²) in [5.74, 6) is 0.734. The number of unbranched alkanes of at least 4 members (excludes halogenated alkanes) is 1. The van der Waals surface area contributed by atoms with E-state index < -0.39 is 0 Å². The summed E-state index contributed by atoms with van der Waals surface area (Å²) in [6, 6.07) is 11.1. The average molecular weight is 283 g/mol. The minimum Gasteiger partial charge on any atom is -0.451 e. The van der Waals surface area contributed by atoms with E-state index in [-0.39, 0.29) is 5.91 Å². The van der Waals surface area contributed by atoms with Crippen molar-refractivity contribution in [2.75, 3.05) is 5.32 Å². The number of nitrogens with zero attached hydrogens (tertiary/aromatic N) is 2. The fourth-order valence-electron chi connectivity index (χ4n) is 2.20. The summed E-state index contributed by atoms with van der Waals surface area (Å²) in [6.45, 7) is 2.91. The molecule has 3 rings (SSSR count). The quantitative estimate of drug-likeness (QED) is 0.777. The van der Waals surface area contributed by atoms with E-state index in [1.165, 1.54) is 0 Å². The van der Waals surface area contributed by atoms with E-state index in [1.54, 1.807) is 23.0 Å². The first-order chi connectivity index (χ1) is 10.3. The van der Waals surface area contributed by atoms with Gasteiger partial charge in [-0.25, -0.2) is 4.68 Å². The second-order valence-corrected chi connectivity index (χ2v) is 4.90. The number of benzene rings is 1. The summed E-state index contributed by atoms with van der Waals surface area (Å²) in [5.41, 5.74) is 0.710. The van der Waals surface area contributed by atoms with E-state index in [0.29, 0.717) is 17.2 Å². The van der Waals surface area contributed by atoms with Gasteiger partial charge < -0.3 is 9.73 Å². The standard InChI is InChI=1S/C16H17N3O2/c1-2-3-10-19-15(8-9-17-19)18-16(20)14-11-12-6-4-5-7-13(12)21-14/h4-9,11H,2-3,10H2,1H3,(H,18,20). The van der Waals surface area contributed by atoms with Gasteiger partial charge in [0.1, 0.15) is 11.4 Å². The lowest BCUT2D eigenvalue weighted by Gasteiger charge is -2.07. The van der Waals surface area contributed by atoms with Crippen molar-refractivity contribution >= 4 is 22.7 Å². The van der Waals surface area contributed by atoms with Crippen LogP contribution >= 0.6 is 0 Å². The summed E-state index contributed by atoms with van der Waals surface area (Å²) in [6.07, 6.45) is 3.79. The van der Waals surface area contributed by atoms with Gasteiger partial charge in [-0.15, -0.1) is 0 Å². The van der Waals surface area contributed by atoms with E-state index in [9.17, 15) is 4.79 Å². The predicted molar refractivity (Wildman–Crippen MR) is 81.3 cm³/mol. The molecular weight excluding hydrogens is 266 g/mol. The van der Waals surface area contributed by atoms with Crippen LogP contribution in [0.5, 0.6) is 0 Å². The number of amides is 1. The topological polar surface area (TPSA) is 60.1 Å². The lowest BCUT2D eigenvalue weighted by molar-refractivity contribution is 0.0997. The van der Waals surface area contributed by atoms with Gasteiger partial charge in [0.15, 0.2) is 5.76 Å². The SMILES string of the molecule is CCCCn1nccc1NC(=O)c1cc2ccccc2o1. The van der Waals surface area contributed by atoms with Crippen LogP contribution < -0.4 is 5.32 Å². The molecule has 5 nitrogen and oxygen atoms in total. The Bertz CT molecular complexity index is 725. The zero-order valence-electron chi connectivity index (χ0n) is 11.9. The Morgan fingerprint density at radius 1 is 1.33 bits per heavy atom. The van der Waals surface area contributed by atoms with E-state index in [4.69, 9.17) is 4.42 Å². The van der Waals surface area contributed by atoms with Crippen LogP contribution in [0.15, 0.2) is 47.0 Å². The molecule has 1 aromatic carbocycles. The Morgan fingerprint density at radius 3 is 3.00 bits per heavy atom. The number of carbonyl (C=O) groups excluding carboxylic acids is 1. The number of aromatic nitrogens is 2. The van der Waals surface area contributed by atoms with E-state index in [2.05, 4.69) is 17.3 Å². The molecule has 0 aliphatic rings. The first kappa shape index (κ1) is 13.4. The van der Waals surface area contributed by atoms with Gasteiger partial charge >= 0.3 is 0 Å². The molecule has 1 amide bonds. The highest BCUT2D eigenvalue weighted by atomic mass is 16.3. The molecule has 2 heterocycles. The highest BCUT2D eigenvalue weighted by molar-refractivity contribution is 6.04. The van der Waals surface area contributed by atoms with Crippen molar-refractivity contribution in [3.8, 4) is 0 Å². The number of para-hydroxylation sites is 1. The molecule has 21 heavy (non-hydrogen) atoms. The van der Waals surface area contributed by atoms with Crippen molar-refractivity contribution in [1.82, 2.24) is 9.78 Å². The minimum atomic E-state index is -0.260. The molecule has 108 valence electrons. The van der Waals surface area contributed by atoms with Crippen LogP contribution in [0.3, 0.4) is 0 Å². The zero-order valence-corrected chi connectivity index (χ0v) is 11.9. The molecular formula is C16H17N3O2. The van der Waals surface area contributed by atoms with Gasteiger partial charge in [0, 0.05) is 18.0 Å². The molecule has 0 atom stereocenters. The number of anilines is 1. The molecule has 2 aromatic heterocycles. The molecule has 0 aliphatic carbocycles. The largest absolute Gasteiger partial charge is 0.451 e. The fraction of sp³-hybridized carbons (Fsp3) is 0.250. The molecule has 1 N–H and O–H groups in total. The number of nitrogens with one attached hydrogen (secondary N) is 1. The van der Waals surface area contributed by atoms with Crippen LogP contribution in [0, 0.1) is 0 Å². The number of furan rings is 1. The average Bonchev–Trinajstić information content (AvgIpc) is 3.11. The van der Waals surface area contributed by atoms with Gasteiger partial charge in [0.25, 0.3) is 5.91 Å². The normalized spacial score (nSPS) is 10.9. The lowest BCUT2D eigenvalue weighted by Crippen LogP contribution is -2.15. The Kier molecular flexibility index (Phi) is 3.73. The summed E-state index contributed by atoms with van der Waals surface area (Å²) in [4.78, 5) is 12.3. The fourth-order valence-corrected chi connectivity index (χ4v) is 2.20. The third-order valence-corrected chi connectivity index (χ3v) is 3.33. The zero-order chi connectivity index (χ0) is 14.7. The number of fused-ring (bicyclic) bond motifs is 1. The van der Waals surface area contributed by atoms with Crippen molar-refractivity contribution in [2.24, 2.45) is 0 Å². The highest BCUT2D eigenvalue weighted by Crippen LogP contribution is 2.20. The third-order valence-electron chi connectivity index (χ3n) is 3.33. The molecule has 3 aromatic rings. The van der Waals surface area contributed by atoms with Gasteiger partial charge in [-0.3, -0.25) is 4.79 Å². The molecule has 0 spiro atoms. The first-order valence-corrected chi connectivity index (χ1v) is 7.09. The van der Waals surface area contributed by atoms with Crippen LogP contribution in [-0.4, -0.2) is 15.7 Å². The third kappa shape index (κ3) is 2.81. The van der Waals surface area contributed by atoms with Crippen molar-refractivity contribution in [3.63, 3.8) is 0 Å². The molecule has 5 heteroatoms. The summed E-state index contributed by atoms with van der Waals surface area (Å²) in [7, 11) is 0. The number of aryl methyl sites for hydroxylation is 1. The van der Waals surface area contributed by atoms with Crippen molar-refractivity contribution in [2.45, 2.75) is 26.3 Å². The number of carbonyl (C=O) groups is 1. The maximum Gasteiger partial charge on any atom is 0.292 e. The van der Waals surface area contributed by atoms with E-state index in [1.807, 2.05) is 24.3 Å². The summed E-state index contributed by atoms with van der Waals surface area (Å²) >= 11 is 0. The van der Waals surface area contributed by atoms with Crippen molar-refractivity contribution < 1.29 is 9.21 Å². The molecule has 0 saturated carbocycles. The first-order valence-electron chi connectivity index (χ1n) is 7.09. The van der Waals surface area contributed by atoms with E-state index >= 15 is 0 Å². The van der Waals surface area contributed by atoms with Crippen molar-refractivity contribution in [3.05, 3.63) is 48.4 Å². The predicted octanol–water partition coefficient (Wildman–Crippen LogP) is 3.68. The Hall–Kier alpha value is -2.56. The van der Waals surface area contributed by atoms with E-state index in [0.717, 1.165) is 24.8 Å². The maximum atomic E-state index is 12.3. The molecule has 0 aliphatic heterocycles. The smallest absolute Gasteiger partial charge is 0.292 e. The van der Waals surface area contributed by atoms with Crippen LogP contribution in [0.2, 0.25) is 0 Å². The number of hydrogen-bond donors (Lipinski definition) is 1. The molecule has 0 saturated heterocycles.